The van der Waals surface area contributed by atoms with Crippen LogP contribution in [0.2, 0.25) is 0 Å². The van der Waals surface area contributed by atoms with Gasteiger partial charge in [-0.15, -0.1) is 0 Å². The predicted octanol–water partition coefficient (Wildman–Crippen LogP) is 2.16. The summed E-state index contributed by atoms with van der Waals surface area (Å²) in [5.41, 5.74) is -0.848. The molecule has 6 nitrogen and oxygen atoms in total. The number of alkyl halides is 3. The highest BCUT2D eigenvalue weighted by Gasteiger charge is 2.66. The summed E-state index contributed by atoms with van der Waals surface area (Å²) >= 11 is 0. The molecule has 164 valence electrons. The van der Waals surface area contributed by atoms with Gasteiger partial charge in [-0.05, 0) is 43.2 Å². The molecule has 1 atom stereocenters. The van der Waals surface area contributed by atoms with Crippen LogP contribution in [-0.2, 0) is 20.8 Å². The molecule has 0 bridgehead atoms. The maximum absolute atomic E-state index is 13.8. The Hall–Kier alpha value is -1.23. The predicted molar refractivity (Wildman–Crippen MR) is 100 cm³/mol. The van der Waals surface area contributed by atoms with Crippen LogP contribution < -0.4 is 5.32 Å². The van der Waals surface area contributed by atoms with Gasteiger partial charge in [0.2, 0.25) is 0 Å². The number of ether oxygens (including phenoxy) is 1. The minimum atomic E-state index is -4.58. The van der Waals surface area contributed by atoms with E-state index in [4.69, 9.17) is 4.74 Å². The van der Waals surface area contributed by atoms with Crippen molar-refractivity contribution in [3.8, 4) is 0 Å². The Labute approximate surface area is 173 Å². The number of hydrogen-bond donors (Lipinski definition) is 1. The molecule has 4 heterocycles. The van der Waals surface area contributed by atoms with Crippen molar-refractivity contribution in [2.24, 2.45) is 10.8 Å². The number of sulfone groups is 1. The average molecular weight is 443 g/mol. The van der Waals surface area contributed by atoms with Crippen LogP contribution in [0, 0.1) is 10.8 Å². The standard InChI is InChI=1S/C20H24F3N3O3S/c21-20(22,23)16-3-14(12-1-2-12)15(6-25-16)30(27,28)17-19(7-24-8-19)9-26(17)13-4-18(5-13)10-29-11-18/h3,6,12-13,17,24H,1-2,4-5,7-11H2. The van der Waals surface area contributed by atoms with Crippen LogP contribution in [0.3, 0.4) is 0 Å². The van der Waals surface area contributed by atoms with E-state index in [2.05, 4.69) is 15.2 Å². The second kappa shape index (κ2) is 5.96. The summed E-state index contributed by atoms with van der Waals surface area (Å²) in [7, 11) is -3.84. The summed E-state index contributed by atoms with van der Waals surface area (Å²) in [5, 5.41) is 2.51. The molecule has 10 heteroatoms. The van der Waals surface area contributed by atoms with Crippen molar-refractivity contribution >= 4 is 9.84 Å². The van der Waals surface area contributed by atoms with Crippen LogP contribution in [-0.4, -0.2) is 62.6 Å². The highest BCUT2D eigenvalue weighted by atomic mass is 32.2. The number of pyridine rings is 1. The van der Waals surface area contributed by atoms with Crippen LogP contribution in [0.4, 0.5) is 13.2 Å². The van der Waals surface area contributed by atoms with E-state index in [1.165, 1.54) is 0 Å². The lowest BCUT2D eigenvalue weighted by atomic mass is 9.61. The number of aromatic nitrogens is 1. The van der Waals surface area contributed by atoms with E-state index in [1.54, 1.807) is 0 Å². The zero-order valence-electron chi connectivity index (χ0n) is 16.4. The second-order valence-corrected chi connectivity index (χ2v) is 11.9. The molecule has 6 rings (SSSR count). The monoisotopic (exact) mass is 443 g/mol. The summed E-state index contributed by atoms with van der Waals surface area (Å²) in [6.07, 6.45) is -0.318. The van der Waals surface area contributed by atoms with Gasteiger partial charge in [-0.3, -0.25) is 9.88 Å². The number of rotatable bonds is 4. The molecule has 0 amide bonds. The van der Waals surface area contributed by atoms with Gasteiger partial charge in [0.1, 0.15) is 11.1 Å². The van der Waals surface area contributed by atoms with Crippen molar-refractivity contribution in [2.75, 3.05) is 32.8 Å². The van der Waals surface area contributed by atoms with Gasteiger partial charge >= 0.3 is 6.18 Å². The average Bonchev–Trinajstić information content (AvgIpc) is 3.35. The van der Waals surface area contributed by atoms with Crippen LogP contribution in [0.15, 0.2) is 17.2 Å². The molecule has 0 radical (unpaired) electrons. The van der Waals surface area contributed by atoms with Gasteiger partial charge in [0.25, 0.3) is 0 Å². The SMILES string of the molecule is O=S(=O)(c1cnc(C(F)(F)F)cc1C1CC1)C1N(C2CC3(COC3)C2)CC12CNC2. The first-order valence-corrected chi connectivity index (χ1v) is 12.0. The Balaban J connectivity index is 1.35. The molecule has 30 heavy (non-hydrogen) atoms. The quantitative estimate of drug-likeness (QED) is 0.769. The normalized spacial score (nSPS) is 30.4. The zero-order chi connectivity index (χ0) is 20.9. The zero-order valence-corrected chi connectivity index (χ0v) is 17.2. The van der Waals surface area contributed by atoms with E-state index in [0.717, 1.165) is 57.7 Å². The maximum atomic E-state index is 13.8. The van der Waals surface area contributed by atoms with Gasteiger partial charge in [-0.25, -0.2) is 8.42 Å². The Morgan fingerprint density at radius 2 is 1.90 bits per heavy atom. The van der Waals surface area contributed by atoms with Crippen molar-refractivity contribution in [1.82, 2.24) is 15.2 Å². The molecule has 5 fully saturated rings. The Bertz CT molecular complexity index is 992. The molecule has 2 aliphatic carbocycles. The first-order chi connectivity index (χ1) is 14.1. The number of likely N-dealkylation sites (tertiary alicyclic amines) is 1. The number of hydrogen-bond acceptors (Lipinski definition) is 6. The van der Waals surface area contributed by atoms with E-state index in [0.29, 0.717) is 18.7 Å². The molecule has 1 N–H and O–H groups in total. The second-order valence-electron chi connectivity index (χ2n) is 9.97. The summed E-state index contributed by atoms with van der Waals surface area (Å²) in [6.45, 7) is 3.47. The first kappa shape index (κ1) is 19.5. The molecular weight excluding hydrogens is 419 g/mol. The van der Waals surface area contributed by atoms with E-state index < -0.39 is 27.1 Å². The van der Waals surface area contributed by atoms with Crippen LogP contribution >= 0.6 is 0 Å². The van der Waals surface area contributed by atoms with Crippen LogP contribution in [0.25, 0.3) is 0 Å². The van der Waals surface area contributed by atoms with Gasteiger partial charge in [0.05, 0.1) is 18.1 Å². The summed E-state index contributed by atoms with van der Waals surface area (Å²) in [6, 6.07) is 1.16. The molecule has 2 spiro atoms. The summed E-state index contributed by atoms with van der Waals surface area (Å²) in [4.78, 5) is 5.59. The number of nitrogens with one attached hydrogen (secondary N) is 1. The fourth-order valence-electron chi connectivity index (χ4n) is 5.81. The van der Waals surface area contributed by atoms with Gasteiger partial charge in [-0.2, -0.15) is 13.2 Å². The third-order valence-corrected chi connectivity index (χ3v) is 10.0. The van der Waals surface area contributed by atoms with Gasteiger partial charge in [0, 0.05) is 42.7 Å². The largest absolute Gasteiger partial charge is 0.433 e. The highest BCUT2D eigenvalue weighted by Crippen LogP contribution is 2.56. The molecular formula is C20H24F3N3O3S. The lowest BCUT2D eigenvalue weighted by Crippen LogP contribution is -2.81. The third-order valence-electron chi connectivity index (χ3n) is 7.71. The van der Waals surface area contributed by atoms with Crippen molar-refractivity contribution in [3.05, 3.63) is 23.5 Å². The molecule has 3 aliphatic heterocycles. The third kappa shape index (κ3) is 2.66. The number of nitrogens with zero attached hydrogens (tertiary/aromatic N) is 2. The van der Waals surface area contributed by atoms with Crippen LogP contribution in [0.1, 0.15) is 42.9 Å². The molecule has 3 saturated heterocycles. The molecule has 5 aliphatic rings. The van der Waals surface area contributed by atoms with Crippen molar-refractivity contribution < 1.29 is 26.3 Å². The van der Waals surface area contributed by atoms with Crippen molar-refractivity contribution in [1.29, 1.82) is 0 Å². The van der Waals surface area contributed by atoms with E-state index >= 15 is 0 Å². The maximum Gasteiger partial charge on any atom is 0.433 e. The van der Waals surface area contributed by atoms with Gasteiger partial charge < -0.3 is 10.1 Å². The first-order valence-electron chi connectivity index (χ1n) is 10.5. The van der Waals surface area contributed by atoms with E-state index in [1.807, 2.05) is 0 Å². The summed E-state index contributed by atoms with van der Waals surface area (Å²) < 4.78 is 72.6. The topological polar surface area (TPSA) is 71.5 Å². The van der Waals surface area contributed by atoms with Crippen molar-refractivity contribution in [2.45, 2.75) is 54.1 Å². The fourth-order valence-corrected chi connectivity index (χ4v) is 8.31. The lowest BCUT2D eigenvalue weighted by molar-refractivity contribution is -0.212. The van der Waals surface area contributed by atoms with E-state index in [9.17, 15) is 21.6 Å². The lowest BCUT2D eigenvalue weighted by Gasteiger charge is -2.67. The number of halogens is 3. The molecule has 2 saturated carbocycles. The highest BCUT2D eigenvalue weighted by molar-refractivity contribution is 7.92. The van der Waals surface area contributed by atoms with Crippen molar-refractivity contribution in [3.63, 3.8) is 0 Å². The minimum Gasteiger partial charge on any atom is -0.380 e. The van der Waals surface area contributed by atoms with Crippen LogP contribution in [0.5, 0.6) is 0 Å². The molecule has 1 unspecified atom stereocenters. The van der Waals surface area contributed by atoms with Gasteiger partial charge in [0.15, 0.2) is 9.84 Å². The minimum absolute atomic E-state index is 0.00000997. The summed E-state index contributed by atoms with van der Waals surface area (Å²) in [5.74, 6) is -0.123. The Kier molecular flexibility index (Phi) is 3.87. The molecule has 1 aromatic rings. The Morgan fingerprint density at radius 3 is 2.40 bits per heavy atom. The molecule has 0 aromatic carbocycles. The van der Waals surface area contributed by atoms with Gasteiger partial charge in [-0.1, -0.05) is 0 Å². The van der Waals surface area contributed by atoms with E-state index in [-0.39, 0.29) is 27.7 Å². The fraction of sp³-hybridized carbons (Fsp3) is 0.750. The molecule has 1 aromatic heterocycles. The Morgan fingerprint density at radius 1 is 1.20 bits per heavy atom. The smallest absolute Gasteiger partial charge is 0.380 e.